The van der Waals surface area contributed by atoms with Crippen molar-refractivity contribution in [3.05, 3.63) is 18.0 Å². The summed E-state index contributed by atoms with van der Waals surface area (Å²) in [7, 11) is 3.62. The summed E-state index contributed by atoms with van der Waals surface area (Å²) in [6.45, 7) is 0.864. The SMILES string of the molecule is CN1CCC(F)(F)C(c2cnn(C)c2)C1. The van der Waals surface area contributed by atoms with E-state index in [4.69, 9.17) is 0 Å². The molecule has 0 saturated carbocycles. The van der Waals surface area contributed by atoms with Gasteiger partial charge < -0.3 is 4.90 Å². The van der Waals surface area contributed by atoms with Crippen LogP contribution in [-0.4, -0.2) is 40.7 Å². The maximum absolute atomic E-state index is 13.7. The monoisotopic (exact) mass is 215 g/mol. The standard InChI is InChI=1S/C10H15F2N3/c1-14-4-3-10(11,12)9(7-14)8-5-13-15(2)6-8/h5-6,9H,3-4,7H2,1-2H3. The van der Waals surface area contributed by atoms with Gasteiger partial charge >= 0.3 is 0 Å². The number of rotatable bonds is 1. The minimum atomic E-state index is -2.60. The number of hydrogen-bond acceptors (Lipinski definition) is 2. The van der Waals surface area contributed by atoms with Gasteiger partial charge in [0, 0.05) is 38.3 Å². The molecule has 5 heteroatoms. The summed E-state index contributed by atoms with van der Waals surface area (Å²) in [6.07, 6.45) is 3.15. The second-order valence-corrected chi connectivity index (χ2v) is 4.27. The molecule has 1 atom stereocenters. The van der Waals surface area contributed by atoms with Crippen molar-refractivity contribution in [2.45, 2.75) is 18.3 Å². The van der Waals surface area contributed by atoms with Gasteiger partial charge in [-0.3, -0.25) is 4.68 Å². The van der Waals surface area contributed by atoms with E-state index in [-0.39, 0.29) is 6.42 Å². The van der Waals surface area contributed by atoms with Gasteiger partial charge in [-0.15, -0.1) is 0 Å². The number of nitrogens with zero attached hydrogens (tertiary/aromatic N) is 3. The van der Waals surface area contributed by atoms with E-state index < -0.39 is 11.8 Å². The average Bonchev–Trinajstić information content (AvgIpc) is 2.56. The lowest BCUT2D eigenvalue weighted by Crippen LogP contribution is -2.43. The molecule has 1 aromatic heterocycles. The molecule has 0 bridgehead atoms. The molecule has 1 unspecified atom stereocenters. The molecule has 2 heterocycles. The van der Waals surface area contributed by atoms with E-state index in [0.717, 1.165) is 0 Å². The van der Waals surface area contributed by atoms with Gasteiger partial charge in [-0.1, -0.05) is 0 Å². The molecule has 1 aliphatic rings. The number of likely N-dealkylation sites (tertiary alicyclic amines) is 1. The van der Waals surface area contributed by atoms with Crippen molar-refractivity contribution in [3.63, 3.8) is 0 Å². The minimum Gasteiger partial charge on any atom is -0.305 e. The van der Waals surface area contributed by atoms with Crippen molar-refractivity contribution >= 4 is 0 Å². The maximum Gasteiger partial charge on any atom is 0.257 e. The van der Waals surface area contributed by atoms with Crippen LogP contribution in [-0.2, 0) is 7.05 Å². The zero-order valence-corrected chi connectivity index (χ0v) is 8.95. The first-order chi connectivity index (χ1) is 6.99. The summed E-state index contributed by atoms with van der Waals surface area (Å²) in [5, 5.41) is 3.95. The Morgan fingerprint density at radius 2 is 2.20 bits per heavy atom. The molecule has 1 aromatic rings. The van der Waals surface area contributed by atoms with Gasteiger partial charge in [0.2, 0.25) is 0 Å². The molecule has 2 rings (SSSR count). The number of halogens is 2. The highest BCUT2D eigenvalue weighted by Gasteiger charge is 2.44. The maximum atomic E-state index is 13.7. The van der Waals surface area contributed by atoms with Crippen LogP contribution in [0.2, 0.25) is 0 Å². The fraction of sp³-hybridized carbons (Fsp3) is 0.700. The largest absolute Gasteiger partial charge is 0.305 e. The smallest absolute Gasteiger partial charge is 0.257 e. The third-order valence-corrected chi connectivity index (χ3v) is 2.96. The van der Waals surface area contributed by atoms with Crippen molar-refractivity contribution in [2.24, 2.45) is 7.05 Å². The van der Waals surface area contributed by atoms with Crippen LogP contribution in [0.5, 0.6) is 0 Å². The zero-order chi connectivity index (χ0) is 11.1. The van der Waals surface area contributed by atoms with Gasteiger partial charge in [0.1, 0.15) is 0 Å². The normalized spacial score (nSPS) is 26.8. The molecule has 15 heavy (non-hydrogen) atoms. The molecule has 3 nitrogen and oxygen atoms in total. The molecule has 0 aromatic carbocycles. The Hall–Kier alpha value is -0.970. The molecule has 1 aliphatic heterocycles. The Morgan fingerprint density at radius 1 is 1.47 bits per heavy atom. The van der Waals surface area contributed by atoms with E-state index in [9.17, 15) is 8.78 Å². The lowest BCUT2D eigenvalue weighted by atomic mass is 9.89. The second-order valence-electron chi connectivity index (χ2n) is 4.27. The highest BCUT2D eigenvalue weighted by Crippen LogP contribution is 2.39. The van der Waals surface area contributed by atoms with Gasteiger partial charge in [0.15, 0.2) is 0 Å². The first-order valence-corrected chi connectivity index (χ1v) is 5.04. The molecule has 1 saturated heterocycles. The molecule has 0 aliphatic carbocycles. The van der Waals surface area contributed by atoms with Gasteiger partial charge in [-0.2, -0.15) is 5.10 Å². The lowest BCUT2D eigenvalue weighted by molar-refractivity contribution is -0.0712. The van der Waals surface area contributed by atoms with Gasteiger partial charge in [0.05, 0.1) is 12.1 Å². The fourth-order valence-electron chi connectivity index (χ4n) is 2.02. The van der Waals surface area contributed by atoms with Crippen LogP contribution < -0.4 is 0 Å². The molecule has 0 amide bonds. The topological polar surface area (TPSA) is 21.1 Å². The number of alkyl halides is 2. The number of hydrogen-bond donors (Lipinski definition) is 0. The lowest BCUT2D eigenvalue weighted by Gasteiger charge is -2.36. The minimum absolute atomic E-state index is 0.0664. The summed E-state index contributed by atoms with van der Waals surface area (Å²) in [6, 6.07) is 0. The molecule has 0 spiro atoms. The highest BCUT2D eigenvalue weighted by molar-refractivity contribution is 5.17. The van der Waals surface area contributed by atoms with Crippen molar-refractivity contribution in [3.8, 4) is 0 Å². The van der Waals surface area contributed by atoms with E-state index >= 15 is 0 Å². The van der Waals surface area contributed by atoms with Crippen molar-refractivity contribution in [2.75, 3.05) is 20.1 Å². The van der Waals surface area contributed by atoms with Gasteiger partial charge in [0.25, 0.3) is 5.92 Å². The summed E-state index contributed by atoms with van der Waals surface area (Å²) in [5.41, 5.74) is 0.633. The first kappa shape index (κ1) is 10.5. The second kappa shape index (κ2) is 3.56. The van der Waals surface area contributed by atoms with Crippen LogP contribution in [0.15, 0.2) is 12.4 Å². The van der Waals surface area contributed by atoms with E-state index in [1.165, 1.54) is 6.20 Å². The van der Waals surface area contributed by atoms with Gasteiger partial charge in [-0.05, 0) is 7.05 Å². The van der Waals surface area contributed by atoms with Crippen LogP contribution in [0.3, 0.4) is 0 Å². The summed E-state index contributed by atoms with van der Waals surface area (Å²) < 4.78 is 28.9. The van der Waals surface area contributed by atoms with Gasteiger partial charge in [-0.25, -0.2) is 8.78 Å². The predicted octanol–water partition coefficient (Wildman–Crippen LogP) is 1.47. The Morgan fingerprint density at radius 3 is 2.80 bits per heavy atom. The molecule has 84 valence electrons. The number of aryl methyl sites for hydroxylation is 1. The molecular formula is C10H15F2N3. The predicted molar refractivity (Wildman–Crippen MR) is 53.0 cm³/mol. The first-order valence-electron chi connectivity index (χ1n) is 5.04. The molecular weight excluding hydrogens is 200 g/mol. The number of likely N-dealkylation sites (N-methyl/N-ethyl adjacent to an activating group) is 1. The van der Waals surface area contributed by atoms with E-state index in [1.54, 1.807) is 17.9 Å². The molecule has 0 N–H and O–H groups in total. The molecule has 0 radical (unpaired) electrons. The van der Waals surface area contributed by atoms with Crippen molar-refractivity contribution in [1.29, 1.82) is 0 Å². The molecule has 1 fully saturated rings. The number of aromatic nitrogens is 2. The highest BCUT2D eigenvalue weighted by atomic mass is 19.3. The van der Waals surface area contributed by atoms with Crippen LogP contribution in [0.4, 0.5) is 8.78 Å². The van der Waals surface area contributed by atoms with Crippen LogP contribution in [0.25, 0.3) is 0 Å². The summed E-state index contributed by atoms with van der Waals surface area (Å²) in [4.78, 5) is 1.94. The van der Waals surface area contributed by atoms with Crippen LogP contribution in [0, 0.1) is 0 Å². The Labute approximate surface area is 87.7 Å². The third-order valence-electron chi connectivity index (χ3n) is 2.96. The van der Waals surface area contributed by atoms with E-state index in [1.807, 2.05) is 11.9 Å². The fourth-order valence-corrected chi connectivity index (χ4v) is 2.02. The van der Waals surface area contributed by atoms with Crippen molar-refractivity contribution in [1.82, 2.24) is 14.7 Å². The van der Waals surface area contributed by atoms with E-state index in [0.29, 0.717) is 18.7 Å². The third kappa shape index (κ3) is 2.02. The quantitative estimate of drug-likeness (QED) is 0.707. The van der Waals surface area contributed by atoms with Crippen LogP contribution >= 0.6 is 0 Å². The zero-order valence-electron chi connectivity index (χ0n) is 8.95. The Kier molecular flexibility index (Phi) is 2.50. The van der Waals surface area contributed by atoms with E-state index in [2.05, 4.69) is 5.10 Å². The summed E-state index contributed by atoms with van der Waals surface area (Å²) in [5.74, 6) is -3.32. The number of piperidine rings is 1. The Bertz CT molecular complexity index is 348. The van der Waals surface area contributed by atoms with Crippen molar-refractivity contribution < 1.29 is 8.78 Å². The summed E-state index contributed by atoms with van der Waals surface area (Å²) >= 11 is 0. The Balaban J connectivity index is 2.25. The average molecular weight is 215 g/mol. The van der Waals surface area contributed by atoms with Crippen LogP contribution in [0.1, 0.15) is 17.9 Å².